The summed E-state index contributed by atoms with van der Waals surface area (Å²) in [6.07, 6.45) is 4.81. The lowest BCUT2D eigenvalue weighted by Gasteiger charge is -2.43. The Morgan fingerprint density at radius 1 is 1.71 bits per heavy atom. The van der Waals surface area contributed by atoms with Crippen LogP contribution < -0.4 is 11.1 Å². The minimum Gasteiger partial charge on any atom is -0.392 e. The van der Waals surface area contributed by atoms with Gasteiger partial charge < -0.3 is 11.1 Å². The molecule has 1 heterocycles. The predicted molar refractivity (Wildman–Crippen MR) is 69.5 cm³/mol. The fraction of sp³-hybridized carbons (Fsp3) is 0.545. The first kappa shape index (κ1) is 12.0. The van der Waals surface area contributed by atoms with Crippen LogP contribution in [0.15, 0.2) is 12.4 Å². The van der Waals surface area contributed by atoms with E-state index in [1.807, 2.05) is 0 Å². The highest BCUT2D eigenvalue weighted by atomic mass is 32.1. The minimum atomic E-state index is -0.662. The number of nitrogens with two attached hydrogens (primary N) is 1. The van der Waals surface area contributed by atoms with Crippen LogP contribution in [0.4, 0.5) is 5.69 Å². The van der Waals surface area contributed by atoms with Gasteiger partial charge in [0.05, 0.1) is 22.3 Å². The molecule has 5 nitrogen and oxygen atoms in total. The summed E-state index contributed by atoms with van der Waals surface area (Å²) in [5.74, 6) is 0.382. The molecule has 0 aromatic carbocycles. The summed E-state index contributed by atoms with van der Waals surface area (Å²) in [6, 6.07) is 0. The van der Waals surface area contributed by atoms with Crippen molar-refractivity contribution in [2.75, 3.05) is 5.32 Å². The summed E-state index contributed by atoms with van der Waals surface area (Å²) < 4.78 is 1.63. The van der Waals surface area contributed by atoms with Gasteiger partial charge in [-0.25, -0.2) is 0 Å². The zero-order valence-corrected chi connectivity index (χ0v) is 10.8. The van der Waals surface area contributed by atoms with Crippen LogP contribution in [0.3, 0.4) is 0 Å². The molecule has 17 heavy (non-hydrogen) atoms. The first-order valence-electron chi connectivity index (χ1n) is 5.54. The van der Waals surface area contributed by atoms with E-state index in [4.69, 9.17) is 18.0 Å². The number of rotatable bonds is 3. The van der Waals surface area contributed by atoms with E-state index in [1.54, 1.807) is 24.1 Å². The van der Waals surface area contributed by atoms with Crippen LogP contribution in [-0.4, -0.2) is 20.7 Å². The SMILES string of the molecule is CC1CC(C(=O)Nc2cnn(C)c2)(C(N)=S)C1. The van der Waals surface area contributed by atoms with Gasteiger partial charge in [0.25, 0.3) is 0 Å². The lowest BCUT2D eigenvalue weighted by atomic mass is 9.62. The summed E-state index contributed by atoms with van der Waals surface area (Å²) in [4.78, 5) is 12.5. The predicted octanol–water partition coefficient (Wildman–Crippen LogP) is 1.06. The second-order valence-corrected chi connectivity index (χ2v) is 5.26. The maximum Gasteiger partial charge on any atom is 0.237 e. The molecule has 0 unspecified atom stereocenters. The van der Waals surface area contributed by atoms with Gasteiger partial charge in [-0.3, -0.25) is 9.48 Å². The third-order valence-corrected chi connectivity index (χ3v) is 3.65. The maximum absolute atomic E-state index is 12.2. The molecule has 1 aromatic rings. The summed E-state index contributed by atoms with van der Waals surface area (Å²) in [5.41, 5.74) is 5.72. The molecule has 3 N–H and O–H groups in total. The van der Waals surface area contributed by atoms with Crippen LogP contribution in [0.2, 0.25) is 0 Å². The largest absolute Gasteiger partial charge is 0.392 e. The van der Waals surface area contributed by atoms with E-state index in [0.717, 1.165) is 12.8 Å². The van der Waals surface area contributed by atoms with E-state index in [9.17, 15) is 4.79 Å². The number of aromatic nitrogens is 2. The molecule has 1 aliphatic rings. The normalized spacial score (nSPS) is 27.3. The van der Waals surface area contributed by atoms with Gasteiger partial charge in [-0.1, -0.05) is 19.1 Å². The number of amides is 1. The van der Waals surface area contributed by atoms with Gasteiger partial charge in [0, 0.05) is 13.2 Å². The molecule has 0 atom stereocenters. The van der Waals surface area contributed by atoms with Crippen molar-refractivity contribution in [2.45, 2.75) is 19.8 Å². The molecular weight excluding hydrogens is 236 g/mol. The van der Waals surface area contributed by atoms with Crippen LogP contribution in [-0.2, 0) is 11.8 Å². The Labute approximate surface area is 105 Å². The Bertz CT molecular complexity index is 462. The third kappa shape index (κ3) is 2.04. The van der Waals surface area contributed by atoms with Crippen molar-refractivity contribution in [1.29, 1.82) is 0 Å². The van der Waals surface area contributed by atoms with Crippen molar-refractivity contribution in [3.05, 3.63) is 12.4 Å². The standard InChI is InChI=1S/C11H16N4OS/c1-7-3-11(4-7,9(12)17)10(16)14-8-5-13-15(2)6-8/h5-7H,3-4H2,1-2H3,(H2,12,17)(H,14,16). The Morgan fingerprint density at radius 2 is 2.35 bits per heavy atom. The molecule has 6 heteroatoms. The number of carbonyl (C=O) groups excluding carboxylic acids is 1. The lowest BCUT2D eigenvalue weighted by Crippen LogP contribution is -2.53. The Balaban J connectivity index is 2.11. The van der Waals surface area contributed by atoms with Crippen LogP contribution in [0.25, 0.3) is 0 Å². The highest BCUT2D eigenvalue weighted by Crippen LogP contribution is 2.46. The highest BCUT2D eigenvalue weighted by Gasteiger charge is 2.50. The fourth-order valence-corrected chi connectivity index (χ4v) is 2.62. The smallest absolute Gasteiger partial charge is 0.237 e. The van der Waals surface area contributed by atoms with Crippen molar-refractivity contribution in [1.82, 2.24) is 9.78 Å². The molecule has 1 aromatic heterocycles. The third-order valence-electron chi connectivity index (χ3n) is 3.26. The molecule has 0 aliphatic heterocycles. The van der Waals surface area contributed by atoms with Crippen LogP contribution in [0.1, 0.15) is 19.8 Å². The lowest BCUT2D eigenvalue weighted by molar-refractivity contribution is -0.127. The van der Waals surface area contributed by atoms with Crippen molar-refractivity contribution < 1.29 is 4.79 Å². The molecule has 1 amide bonds. The number of hydrogen-bond acceptors (Lipinski definition) is 3. The van der Waals surface area contributed by atoms with Gasteiger partial charge in [0.1, 0.15) is 0 Å². The number of nitrogens with zero attached hydrogens (tertiary/aromatic N) is 2. The molecule has 0 bridgehead atoms. The summed E-state index contributed by atoms with van der Waals surface area (Å²) in [6.45, 7) is 2.09. The zero-order chi connectivity index (χ0) is 12.6. The number of carbonyl (C=O) groups is 1. The van der Waals surface area contributed by atoms with E-state index >= 15 is 0 Å². The summed E-state index contributed by atoms with van der Waals surface area (Å²) in [7, 11) is 1.80. The minimum absolute atomic E-state index is 0.115. The van der Waals surface area contributed by atoms with E-state index < -0.39 is 5.41 Å². The monoisotopic (exact) mass is 252 g/mol. The van der Waals surface area contributed by atoms with Gasteiger partial charge in [-0.15, -0.1) is 0 Å². The van der Waals surface area contributed by atoms with Crippen LogP contribution in [0.5, 0.6) is 0 Å². The van der Waals surface area contributed by atoms with Crippen LogP contribution >= 0.6 is 12.2 Å². The molecule has 0 radical (unpaired) electrons. The molecule has 0 saturated heterocycles. The Hall–Kier alpha value is -1.43. The van der Waals surface area contributed by atoms with E-state index in [-0.39, 0.29) is 10.9 Å². The van der Waals surface area contributed by atoms with Crippen molar-refractivity contribution in [3.8, 4) is 0 Å². The molecule has 1 fully saturated rings. The number of nitrogens with one attached hydrogen (secondary N) is 1. The number of aryl methyl sites for hydroxylation is 1. The maximum atomic E-state index is 12.2. The van der Waals surface area contributed by atoms with Crippen molar-refractivity contribution >= 4 is 28.8 Å². The first-order valence-corrected chi connectivity index (χ1v) is 5.95. The number of anilines is 1. The van der Waals surface area contributed by atoms with Gasteiger partial charge >= 0.3 is 0 Å². The van der Waals surface area contributed by atoms with E-state index in [1.165, 1.54) is 0 Å². The fourth-order valence-electron chi connectivity index (χ4n) is 2.36. The van der Waals surface area contributed by atoms with Crippen LogP contribution in [0, 0.1) is 11.3 Å². The van der Waals surface area contributed by atoms with Gasteiger partial charge in [-0.05, 0) is 18.8 Å². The molecule has 2 rings (SSSR count). The highest BCUT2D eigenvalue weighted by molar-refractivity contribution is 7.80. The topological polar surface area (TPSA) is 72.9 Å². The quantitative estimate of drug-likeness (QED) is 0.789. The number of thiocarbonyl (C=S) groups is 1. The average molecular weight is 252 g/mol. The molecule has 92 valence electrons. The van der Waals surface area contributed by atoms with Gasteiger partial charge in [0.15, 0.2) is 0 Å². The Morgan fingerprint density at radius 3 is 2.76 bits per heavy atom. The van der Waals surface area contributed by atoms with Gasteiger partial charge in [-0.2, -0.15) is 5.10 Å². The first-order chi connectivity index (χ1) is 7.94. The summed E-state index contributed by atoms with van der Waals surface area (Å²) in [5, 5.41) is 6.81. The molecular formula is C11H16N4OS. The zero-order valence-electron chi connectivity index (χ0n) is 9.93. The second kappa shape index (κ2) is 4.10. The molecule has 1 saturated carbocycles. The van der Waals surface area contributed by atoms with Crippen molar-refractivity contribution in [2.24, 2.45) is 24.1 Å². The molecule has 0 spiro atoms. The molecule has 1 aliphatic carbocycles. The summed E-state index contributed by atoms with van der Waals surface area (Å²) >= 11 is 5.03. The van der Waals surface area contributed by atoms with Crippen molar-refractivity contribution in [3.63, 3.8) is 0 Å². The van der Waals surface area contributed by atoms with Gasteiger partial charge in [0.2, 0.25) is 5.91 Å². The second-order valence-electron chi connectivity index (χ2n) is 4.82. The number of hydrogen-bond donors (Lipinski definition) is 2. The Kier molecular flexibility index (Phi) is 2.91. The average Bonchev–Trinajstić information content (AvgIpc) is 2.58. The van der Waals surface area contributed by atoms with E-state index in [2.05, 4.69) is 17.3 Å². The van der Waals surface area contributed by atoms with E-state index in [0.29, 0.717) is 11.6 Å².